The Labute approximate surface area is 223 Å². The summed E-state index contributed by atoms with van der Waals surface area (Å²) >= 11 is 0. The quantitative estimate of drug-likeness (QED) is 0.509. The smallest absolute Gasteiger partial charge is 0.227 e. The lowest BCUT2D eigenvalue weighted by Gasteiger charge is -2.29. The summed E-state index contributed by atoms with van der Waals surface area (Å²) in [5.41, 5.74) is 3.97. The summed E-state index contributed by atoms with van der Waals surface area (Å²) in [6.07, 6.45) is 1.76. The van der Waals surface area contributed by atoms with E-state index >= 15 is 0 Å². The Kier molecular flexibility index (Phi) is 10.6. The Bertz CT molecular complexity index is 1050. The molecule has 0 fully saturated rings. The van der Waals surface area contributed by atoms with E-state index in [9.17, 15) is 9.59 Å². The van der Waals surface area contributed by atoms with Crippen LogP contribution in [0.5, 0.6) is 5.75 Å². The molecule has 0 aliphatic carbocycles. The van der Waals surface area contributed by atoms with Gasteiger partial charge in [0.15, 0.2) is 0 Å². The fraction of sp³-hybridized carbons (Fsp3) is 0.548. The van der Waals surface area contributed by atoms with Gasteiger partial charge in [-0.2, -0.15) is 0 Å². The second-order valence-electron chi connectivity index (χ2n) is 11.1. The van der Waals surface area contributed by atoms with Crippen molar-refractivity contribution in [2.24, 2.45) is 11.8 Å². The predicted octanol–water partition coefficient (Wildman–Crippen LogP) is 5.32. The third kappa shape index (κ3) is 8.32. The molecule has 202 valence electrons. The SMILES string of the molecule is COc1ccc(CC(=O)N2CCN(CC(C)C)CCCN(C(=O)CC(C)C)c3ccccc3C2)cc1C. The maximum Gasteiger partial charge on any atom is 0.227 e. The second-order valence-corrected chi connectivity index (χ2v) is 11.1. The molecular weight excluding hydrogens is 462 g/mol. The van der Waals surface area contributed by atoms with Crippen molar-refractivity contribution in [2.75, 3.05) is 44.7 Å². The maximum atomic E-state index is 13.7. The number of hydrogen-bond acceptors (Lipinski definition) is 4. The Morgan fingerprint density at radius 1 is 0.919 bits per heavy atom. The third-order valence-corrected chi connectivity index (χ3v) is 6.86. The molecule has 2 aromatic carbocycles. The number of ether oxygens (including phenoxy) is 1. The number of benzene rings is 2. The van der Waals surface area contributed by atoms with Gasteiger partial charge in [0, 0.05) is 44.8 Å². The molecule has 6 heteroatoms. The van der Waals surface area contributed by atoms with E-state index in [1.165, 1.54) is 0 Å². The molecule has 2 aromatic rings. The van der Waals surface area contributed by atoms with Gasteiger partial charge in [0.1, 0.15) is 5.75 Å². The van der Waals surface area contributed by atoms with Gasteiger partial charge in [-0.25, -0.2) is 0 Å². The van der Waals surface area contributed by atoms with Crippen molar-refractivity contribution in [1.29, 1.82) is 0 Å². The molecule has 3 rings (SSSR count). The van der Waals surface area contributed by atoms with Crippen molar-refractivity contribution in [1.82, 2.24) is 9.80 Å². The van der Waals surface area contributed by atoms with Gasteiger partial charge in [0.05, 0.1) is 13.5 Å². The average Bonchev–Trinajstić information content (AvgIpc) is 2.86. The minimum absolute atomic E-state index is 0.100. The van der Waals surface area contributed by atoms with Crippen molar-refractivity contribution in [2.45, 2.75) is 60.4 Å². The highest BCUT2D eigenvalue weighted by atomic mass is 16.5. The second kappa shape index (κ2) is 13.6. The van der Waals surface area contributed by atoms with E-state index in [4.69, 9.17) is 4.74 Å². The van der Waals surface area contributed by atoms with E-state index in [-0.39, 0.29) is 11.8 Å². The van der Waals surface area contributed by atoms with Gasteiger partial charge in [0.25, 0.3) is 0 Å². The Morgan fingerprint density at radius 3 is 2.35 bits per heavy atom. The number of fused-ring (bicyclic) bond motifs is 1. The van der Waals surface area contributed by atoms with Crippen LogP contribution in [0, 0.1) is 18.8 Å². The molecule has 0 N–H and O–H groups in total. The van der Waals surface area contributed by atoms with Crippen LogP contribution in [-0.4, -0.2) is 61.4 Å². The fourth-order valence-corrected chi connectivity index (χ4v) is 5.11. The molecule has 0 radical (unpaired) electrons. The topological polar surface area (TPSA) is 53.1 Å². The zero-order valence-electron chi connectivity index (χ0n) is 23.6. The summed E-state index contributed by atoms with van der Waals surface area (Å²) in [4.78, 5) is 33.4. The summed E-state index contributed by atoms with van der Waals surface area (Å²) in [6, 6.07) is 14.0. The average molecular weight is 508 g/mol. The first kappa shape index (κ1) is 28.7. The highest BCUT2D eigenvalue weighted by molar-refractivity contribution is 5.94. The summed E-state index contributed by atoms with van der Waals surface area (Å²) in [7, 11) is 1.66. The van der Waals surface area contributed by atoms with Gasteiger partial charge < -0.3 is 19.4 Å². The Hall–Kier alpha value is -2.86. The van der Waals surface area contributed by atoms with Crippen LogP contribution < -0.4 is 9.64 Å². The van der Waals surface area contributed by atoms with Crippen molar-refractivity contribution in [3.8, 4) is 5.75 Å². The van der Waals surface area contributed by atoms with Gasteiger partial charge in [0.2, 0.25) is 11.8 Å². The first-order valence-electron chi connectivity index (χ1n) is 13.7. The number of carbonyl (C=O) groups excluding carboxylic acids is 2. The Morgan fingerprint density at radius 2 is 1.68 bits per heavy atom. The molecule has 1 aliphatic rings. The standard InChI is InChI=1S/C31H45N3O3/c1-23(2)18-31(36)34-15-9-14-32(21-24(3)4)16-17-33(22-27-10-7-8-11-28(27)34)30(35)20-26-12-13-29(37-6)25(5)19-26/h7-8,10-13,19,23-24H,9,14-18,20-22H2,1-6H3. The number of amides is 2. The van der Waals surface area contributed by atoms with Crippen molar-refractivity contribution >= 4 is 17.5 Å². The normalized spacial score (nSPS) is 15.5. The maximum absolute atomic E-state index is 13.7. The molecular formula is C31H45N3O3. The summed E-state index contributed by atoms with van der Waals surface area (Å²) in [6.45, 7) is 15.2. The molecule has 1 aliphatic heterocycles. The number of hydrogen-bond donors (Lipinski definition) is 0. The third-order valence-electron chi connectivity index (χ3n) is 6.86. The fourth-order valence-electron chi connectivity index (χ4n) is 5.11. The van der Waals surface area contributed by atoms with E-state index in [0.29, 0.717) is 44.3 Å². The molecule has 37 heavy (non-hydrogen) atoms. The summed E-state index contributed by atoms with van der Waals surface area (Å²) in [5, 5.41) is 0. The number of rotatable bonds is 7. The van der Waals surface area contributed by atoms with Gasteiger partial charge in [-0.15, -0.1) is 0 Å². The van der Waals surface area contributed by atoms with Gasteiger partial charge >= 0.3 is 0 Å². The van der Waals surface area contributed by atoms with Crippen LogP contribution in [0.2, 0.25) is 0 Å². The lowest BCUT2D eigenvalue weighted by molar-refractivity contribution is -0.131. The zero-order valence-corrected chi connectivity index (χ0v) is 23.6. The van der Waals surface area contributed by atoms with Gasteiger partial charge in [-0.3, -0.25) is 9.59 Å². The molecule has 2 amide bonds. The molecule has 0 aromatic heterocycles. The van der Waals surface area contributed by atoms with Gasteiger partial charge in [-0.05, 0) is 60.5 Å². The lowest BCUT2D eigenvalue weighted by atomic mass is 10.1. The highest BCUT2D eigenvalue weighted by Crippen LogP contribution is 2.26. The van der Waals surface area contributed by atoms with Crippen LogP contribution >= 0.6 is 0 Å². The van der Waals surface area contributed by atoms with Crippen molar-refractivity contribution < 1.29 is 14.3 Å². The minimum atomic E-state index is 0.100. The minimum Gasteiger partial charge on any atom is -0.496 e. The summed E-state index contributed by atoms with van der Waals surface area (Å²) in [5.74, 6) is 1.91. The van der Waals surface area contributed by atoms with Crippen LogP contribution in [0.4, 0.5) is 5.69 Å². The number of anilines is 1. The van der Waals surface area contributed by atoms with E-state index in [0.717, 1.165) is 54.2 Å². The van der Waals surface area contributed by atoms with E-state index in [1.54, 1.807) is 7.11 Å². The molecule has 0 unspecified atom stereocenters. The number of methoxy groups -OCH3 is 1. The van der Waals surface area contributed by atoms with Crippen LogP contribution in [0.3, 0.4) is 0 Å². The molecule has 0 saturated carbocycles. The molecule has 0 bridgehead atoms. The van der Waals surface area contributed by atoms with E-state index in [1.807, 2.05) is 53.1 Å². The van der Waals surface area contributed by atoms with Crippen LogP contribution in [0.1, 0.15) is 57.2 Å². The van der Waals surface area contributed by atoms with E-state index in [2.05, 4.69) is 38.7 Å². The number of aryl methyl sites for hydroxylation is 1. The highest BCUT2D eigenvalue weighted by Gasteiger charge is 2.24. The first-order valence-corrected chi connectivity index (χ1v) is 13.7. The molecule has 0 saturated heterocycles. The molecule has 0 atom stereocenters. The monoisotopic (exact) mass is 507 g/mol. The molecule has 1 heterocycles. The summed E-state index contributed by atoms with van der Waals surface area (Å²) < 4.78 is 5.39. The number of nitrogens with zero attached hydrogens (tertiary/aromatic N) is 3. The van der Waals surface area contributed by atoms with Gasteiger partial charge in [-0.1, -0.05) is 58.0 Å². The predicted molar refractivity (Wildman–Crippen MR) is 151 cm³/mol. The molecule has 6 nitrogen and oxygen atoms in total. The van der Waals surface area contributed by atoms with Crippen LogP contribution in [0.25, 0.3) is 0 Å². The number of carbonyl (C=O) groups is 2. The van der Waals surface area contributed by atoms with Crippen LogP contribution in [-0.2, 0) is 22.6 Å². The first-order chi connectivity index (χ1) is 17.7. The lowest BCUT2D eigenvalue weighted by Crippen LogP contribution is -2.40. The van der Waals surface area contributed by atoms with Crippen molar-refractivity contribution in [3.63, 3.8) is 0 Å². The van der Waals surface area contributed by atoms with Crippen LogP contribution in [0.15, 0.2) is 42.5 Å². The molecule has 0 spiro atoms. The van der Waals surface area contributed by atoms with Crippen molar-refractivity contribution in [3.05, 3.63) is 59.2 Å². The Balaban J connectivity index is 1.92. The number of para-hydroxylation sites is 1. The zero-order chi connectivity index (χ0) is 26.9. The van der Waals surface area contributed by atoms with E-state index < -0.39 is 0 Å². The largest absolute Gasteiger partial charge is 0.496 e.